The molecular weight excluding hydrogens is 290 g/mol. The van der Waals surface area contributed by atoms with Gasteiger partial charge in [0.2, 0.25) is 0 Å². The highest BCUT2D eigenvalue weighted by Crippen LogP contribution is 2.37. The molecule has 0 bridgehead atoms. The van der Waals surface area contributed by atoms with Crippen molar-refractivity contribution in [3.63, 3.8) is 0 Å². The lowest BCUT2D eigenvalue weighted by atomic mass is 9.85. The number of rotatable bonds is 6. The van der Waals surface area contributed by atoms with Gasteiger partial charge >= 0.3 is 5.97 Å². The first kappa shape index (κ1) is 17.7. The summed E-state index contributed by atoms with van der Waals surface area (Å²) in [5.41, 5.74) is -0.484. The van der Waals surface area contributed by atoms with E-state index in [4.69, 9.17) is 0 Å². The van der Waals surface area contributed by atoms with Crippen LogP contribution in [0.5, 0.6) is 0 Å². The number of hydrogen-bond donors (Lipinski definition) is 1. The quantitative estimate of drug-likeness (QED) is 0.818. The molecule has 23 heavy (non-hydrogen) atoms. The molecule has 1 aromatic carbocycles. The molecule has 1 fully saturated rings. The van der Waals surface area contributed by atoms with E-state index in [0.29, 0.717) is 25.8 Å². The predicted octanol–water partition coefficient (Wildman–Crippen LogP) is 3.30. The Kier molecular flexibility index (Phi) is 5.25. The molecule has 0 radical (unpaired) electrons. The van der Waals surface area contributed by atoms with Crippen molar-refractivity contribution in [1.82, 2.24) is 4.90 Å². The average Bonchev–Trinajstić information content (AvgIpc) is 2.94. The molecule has 0 saturated carbocycles. The van der Waals surface area contributed by atoms with Crippen LogP contribution >= 0.6 is 0 Å². The maximum absolute atomic E-state index is 12.8. The number of aliphatic carboxylic acids is 1. The van der Waals surface area contributed by atoms with Crippen LogP contribution in [0.25, 0.3) is 0 Å². The van der Waals surface area contributed by atoms with Gasteiger partial charge in [0.1, 0.15) is 0 Å². The summed E-state index contributed by atoms with van der Waals surface area (Å²) in [5.74, 6) is -1.14. The number of carboxylic acid groups (broad SMARTS) is 1. The molecule has 0 amide bonds. The lowest BCUT2D eigenvalue weighted by molar-refractivity contribution is -0.159. The number of carboxylic acids is 1. The monoisotopic (exact) mass is 317 g/mol. The summed E-state index contributed by atoms with van der Waals surface area (Å²) in [7, 11) is 0. The molecule has 1 aliphatic rings. The second-order valence-electron chi connectivity index (χ2n) is 7.35. The molecule has 0 unspecified atom stereocenters. The van der Waals surface area contributed by atoms with Crippen LogP contribution in [0.2, 0.25) is 0 Å². The second kappa shape index (κ2) is 6.83. The van der Waals surface area contributed by atoms with Crippen LogP contribution in [-0.4, -0.2) is 39.4 Å². The summed E-state index contributed by atoms with van der Waals surface area (Å²) in [6.07, 6.45) is 2.99. The third kappa shape index (κ3) is 3.63. The predicted molar refractivity (Wildman–Crippen MR) is 90.4 cm³/mol. The fraction of sp³-hybridized carbons (Fsp3) is 0.579. The van der Waals surface area contributed by atoms with E-state index in [-0.39, 0.29) is 11.3 Å². The normalized spacial score (nSPS) is 22.2. The molecule has 1 saturated heterocycles. The van der Waals surface area contributed by atoms with E-state index >= 15 is 0 Å². The van der Waals surface area contributed by atoms with Crippen LogP contribution in [0.15, 0.2) is 30.3 Å². The van der Waals surface area contributed by atoms with Gasteiger partial charge in [-0.25, -0.2) is 4.79 Å². The van der Waals surface area contributed by atoms with E-state index in [1.54, 1.807) is 0 Å². The Labute approximate surface area is 138 Å². The Morgan fingerprint density at radius 1 is 1.22 bits per heavy atom. The number of aryl methyl sites for hydroxylation is 1. The van der Waals surface area contributed by atoms with Gasteiger partial charge in [-0.15, -0.1) is 0 Å². The van der Waals surface area contributed by atoms with Gasteiger partial charge in [-0.3, -0.25) is 9.69 Å². The van der Waals surface area contributed by atoms with Crippen LogP contribution in [0.4, 0.5) is 0 Å². The van der Waals surface area contributed by atoms with Crippen molar-refractivity contribution < 1.29 is 14.7 Å². The highest BCUT2D eigenvalue weighted by atomic mass is 16.4. The van der Waals surface area contributed by atoms with Crippen LogP contribution in [-0.2, 0) is 16.0 Å². The summed E-state index contributed by atoms with van der Waals surface area (Å²) in [5, 5.41) is 9.82. The highest BCUT2D eigenvalue weighted by Gasteiger charge is 2.56. The minimum atomic E-state index is -1.34. The van der Waals surface area contributed by atoms with Gasteiger partial charge in [-0.2, -0.15) is 0 Å². The third-order valence-corrected chi connectivity index (χ3v) is 4.72. The summed E-state index contributed by atoms with van der Waals surface area (Å²) < 4.78 is 0. The Bertz CT molecular complexity index is 562. The average molecular weight is 317 g/mol. The van der Waals surface area contributed by atoms with Crippen molar-refractivity contribution in [3.8, 4) is 0 Å². The van der Waals surface area contributed by atoms with Crippen molar-refractivity contribution in [2.75, 3.05) is 6.54 Å². The Hall–Kier alpha value is -1.68. The summed E-state index contributed by atoms with van der Waals surface area (Å²) >= 11 is 0. The lowest BCUT2D eigenvalue weighted by Gasteiger charge is -2.42. The van der Waals surface area contributed by atoms with Crippen LogP contribution in [0.1, 0.15) is 52.0 Å². The van der Waals surface area contributed by atoms with Crippen LogP contribution in [0, 0.1) is 0 Å². The van der Waals surface area contributed by atoms with Gasteiger partial charge < -0.3 is 5.11 Å². The van der Waals surface area contributed by atoms with E-state index < -0.39 is 11.5 Å². The summed E-state index contributed by atoms with van der Waals surface area (Å²) in [4.78, 5) is 26.7. The van der Waals surface area contributed by atoms with Crippen molar-refractivity contribution in [2.24, 2.45) is 0 Å². The number of hydrogen-bond acceptors (Lipinski definition) is 3. The largest absolute Gasteiger partial charge is 0.480 e. The Morgan fingerprint density at radius 2 is 1.87 bits per heavy atom. The highest BCUT2D eigenvalue weighted by molar-refractivity contribution is 6.08. The number of nitrogens with zero attached hydrogens (tertiary/aromatic N) is 1. The lowest BCUT2D eigenvalue weighted by Crippen LogP contribution is -2.62. The minimum absolute atomic E-state index is 0.145. The molecule has 1 heterocycles. The molecule has 1 aliphatic heterocycles. The van der Waals surface area contributed by atoms with Crippen molar-refractivity contribution >= 4 is 11.8 Å². The number of likely N-dealkylation sites (tertiary alicyclic amines) is 1. The summed E-state index contributed by atoms with van der Waals surface area (Å²) in [6.45, 7) is 6.61. The number of carbonyl (C=O) groups is 2. The Balaban J connectivity index is 2.08. The fourth-order valence-electron chi connectivity index (χ4n) is 3.66. The molecule has 4 nitrogen and oxygen atoms in total. The Morgan fingerprint density at radius 3 is 2.43 bits per heavy atom. The molecule has 1 N–H and O–H groups in total. The molecule has 1 atom stereocenters. The third-order valence-electron chi connectivity index (χ3n) is 4.72. The first-order valence-corrected chi connectivity index (χ1v) is 8.37. The molecule has 1 aromatic rings. The maximum atomic E-state index is 12.8. The molecule has 126 valence electrons. The van der Waals surface area contributed by atoms with E-state index in [1.165, 1.54) is 5.56 Å². The van der Waals surface area contributed by atoms with E-state index in [2.05, 4.69) is 0 Å². The topological polar surface area (TPSA) is 57.6 Å². The first-order valence-electron chi connectivity index (χ1n) is 8.37. The van der Waals surface area contributed by atoms with Gasteiger partial charge in [0.05, 0.1) is 0 Å². The SMILES string of the molecule is CC(C)(C)N1CCC[C@]1(C(=O)O)C(=O)CCCc1ccccc1. The molecule has 0 aliphatic carbocycles. The molecule has 0 spiro atoms. The maximum Gasteiger partial charge on any atom is 0.331 e. The van der Waals surface area contributed by atoms with Crippen molar-refractivity contribution in [3.05, 3.63) is 35.9 Å². The zero-order chi connectivity index (χ0) is 17.1. The van der Waals surface area contributed by atoms with Gasteiger partial charge in [0.15, 0.2) is 11.3 Å². The van der Waals surface area contributed by atoms with Gasteiger partial charge in [-0.1, -0.05) is 30.3 Å². The van der Waals surface area contributed by atoms with Crippen molar-refractivity contribution in [1.29, 1.82) is 0 Å². The van der Waals surface area contributed by atoms with Gasteiger partial charge in [0.25, 0.3) is 0 Å². The van der Waals surface area contributed by atoms with Crippen LogP contribution in [0.3, 0.4) is 0 Å². The van der Waals surface area contributed by atoms with Crippen LogP contribution < -0.4 is 0 Å². The molecule has 4 heteroatoms. The molecular formula is C19H27NO3. The van der Waals surface area contributed by atoms with E-state index in [1.807, 2.05) is 56.0 Å². The van der Waals surface area contributed by atoms with E-state index in [9.17, 15) is 14.7 Å². The summed E-state index contributed by atoms with van der Waals surface area (Å²) in [6, 6.07) is 10.00. The first-order chi connectivity index (χ1) is 10.8. The fourth-order valence-corrected chi connectivity index (χ4v) is 3.66. The van der Waals surface area contributed by atoms with Crippen molar-refractivity contribution in [2.45, 2.75) is 64.0 Å². The number of carbonyl (C=O) groups excluding carboxylic acids is 1. The number of ketones is 1. The molecule has 2 rings (SSSR count). The van der Waals surface area contributed by atoms with Gasteiger partial charge in [0, 0.05) is 18.5 Å². The molecule has 0 aromatic heterocycles. The standard InChI is InChI=1S/C19H27NO3/c1-18(2,3)20-14-8-13-19(20,17(22)23)16(21)12-7-11-15-9-5-4-6-10-15/h4-6,9-10H,7-8,11-14H2,1-3H3,(H,22,23)/t19-/m1/s1. The van der Waals surface area contributed by atoms with Gasteiger partial charge in [-0.05, 0) is 52.0 Å². The number of benzene rings is 1. The smallest absolute Gasteiger partial charge is 0.331 e. The van der Waals surface area contributed by atoms with E-state index in [0.717, 1.165) is 12.8 Å². The zero-order valence-corrected chi connectivity index (χ0v) is 14.3. The minimum Gasteiger partial charge on any atom is -0.480 e. The second-order valence-corrected chi connectivity index (χ2v) is 7.35. The zero-order valence-electron chi connectivity index (χ0n) is 14.3. The number of Topliss-reactive ketones (excluding diaryl/α,β-unsaturated/α-hetero) is 1.